The van der Waals surface area contributed by atoms with Gasteiger partial charge in [-0.05, 0) is 18.1 Å². The van der Waals surface area contributed by atoms with Crippen LogP contribution >= 0.6 is 0 Å². The lowest BCUT2D eigenvalue weighted by atomic mass is 10.1. The summed E-state index contributed by atoms with van der Waals surface area (Å²) in [5, 5.41) is 0. The smallest absolute Gasteiger partial charge is 0.264 e. The van der Waals surface area contributed by atoms with E-state index in [1.54, 1.807) is 18.2 Å². The van der Waals surface area contributed by atoms with Crippen LogP contribution in [-0.4, -0.2) is 14.3 Å². The third-order valence-corrected chi connectivity index (χ3v) is 3.28. The number of hydrogen-bond donors (Lipinski definition) is 1. The Bertz CT molecular complexity index is 457. The van der Waals surface area contributed by atoms with Crippen molar-refractivity contribution in [2.24, 2.45) is 5.92 Å². The summed E-state index contributed by atoms with van der Waals surface area (Å²) in [4.78, 5) is 11.5. The van der Waals surface area contributed by atoms with Gasteiger partial charge < -0.3 is 0 Å². The molecule has 0 atom stereocenters. The molecule has 1 N–H and O–H groups in total. The molecule has 1 amide bonds. The van der Waals surface area contributed by atoms with Crippen LogP contribution in [0, 0.1) is 5.92 Å². The SMILES string of the molecule is CC(C)CC(=O)NS(=O)(=O)c1ccccc1.[HH]. The van der Waals surface area contributed by atoms with Crippen LogP contribution in [-0.2, 0) is 14.8 Å². The van der Waals surface area contributed by atoms with Crippen molar-refractivity contribution in [3.8, 4) is 0 Å². The van der Waals surface area contributed by atoms with Gasteiger partial charge in [-0.3, -0.25) is 4.79 Å². The van der Waals surface area contributed by atoms with E-state index in [0.717, 1.165) is 0 Å². The molecule has 1 rings (SSSR count). The molecule has 1 aromatic carbocycles. The van der Waals surface area contributed by atoms with Gasteiger partial charge in [-0.25, -0.2) is 13.1 Å². The molecule has 0 unspecified atom stereocenters. The van der Waals surface area contributed by atoms with Crippen LogP contribution in [0.2, 0.25) is 0 Å². The molecule has 0 bridgehead atoms. The predicted molar refractivity (Wildman–Crippen MR) is 63.3 cm³/mol. The van der Waals surface area contributed by atoms with Crippen molar-refractivity contribution >= 4 is 15.9 Å². The molecule has 1 aromatic rings. The van der Waals surface area contributed by atoms with Crippen LogP contribution in [0.25, 0.3) is 0 Å². The normalized spacial score (nSPS) is 11.4. The molecule has 4 nitrogen and oxygen atoms in total. The number of carbonyl (C=O) groups is 1. The fourth-order valence-electron chi connectivity index (χ4n) is 1.22. The van der Waals surface area contributed by atoms with E-state index < -0.39 is 15.9 Å². The van der Waals surface area contributed by atoms with Gasteiger partial charge in [-0.1, -0.05) is 32.0 Å². The number of nitrogens with one attached hydrogen (secondary N) is 1. The first-order valence-corrected chi connectivity index (χ1v) is 6.51. The van der Waals surface area contributed by atoms with Crippen LogP contribution < -0.4 is 4.72 Å². The number of rotatable bonds is 4. The maximum absolute atomic E-state index is 11.7. The molecule has 5 heteroatoms. The first kappa shape index (κ1) is 12.7. The van der Waals surface area contributed by atoms with Crippen molar-refractivity contribution in [3.63, 3.8) is 0 Å². The average Bonchev–Trinajstić information content (AvgIpc) is 2.16. The van der Waals surface area contributed by atoms with E-state index in [0.29, 0.717) is 0 Å². The van der Waals surface area contributed by atoms with Crippen molar-refractivity contribution in [2.75, 3.05) is 0 Å². The Kier molecular flexibility index (Phi) is 4.06. The van der Waals surface area contributed by atoms with Crippen LogP contribution in [0.5, 0.6) is 0 Å². The Morgan fingerprint density at radius 2 is 1.88 bits per heavy atom. The number of carbonyl (C=O) groups excluding carboxylic acids is 1. The molecule has 0 spiro atoms. The zero-order chi connectivity index (χ0) is 12.2. The summed E-state index contributed by atoms with van der Waals surface area (Å²) in [6.45, 7) is 3.71. The van der Waals surface area contributed by atoms with Crippen LogP contribution in [0.15, 0.2) is 35.2 Å². The average molecular weight is 243 g/mol. The van der Waals surface area contributed by atoms with Gasteiger partial charge in [-0.2, -0.15) is 0 Å². The molecule has 16 heavy (non-hydrogen) atoms. The third-order valence-electron chi connectivity index (χ3n) is 1.90. The topological polar surface area (TPSA) is 63.2 Å². The van der Waals surface area contributed by atoms with Crippen molar-refractivity contribution in [1.82, 2.24) is 4.72 Å². The molecule has 0 radical (unpaired) electrons. The number of sulfonamides is 1. The predicted octanol–water partition coefficient (Wildman–Crippen LogP) is 1.78. The number of amides is 1. The summed E-state index contributed by atoms with van der Waals surface area (Å²) < 4.78 is 25.4. The summed E-state index contributed by atoms with van der Waals surface area (Å²) in [5.74, 6) is -0.343. The molecule has 0 aliphatic carbocycles. The van der Waals surface area contributed by atoms with E-state index in [2.05, 4.69) is 0 Å². The lowest BCUT2D eigenvalue weighted by molar-refractivity contribution is -0.120. The lowest BCUT2D eigenvalue weighted by Gasteiger charge is -2.07. The summed E-state index contributed by atoms with van der Waals surface area (Å²) in [7, 11) is -3.70. The Morgan fingerprint density at radius 1 is 1.31 bits per heavy atom. The zero-order valence-electron chi connectivity index (χ0n) is 9.30. The second-order valence-electron chi connectivity index (χ2n) is 3.94. The van der Waals surface area contributed by atoms with Gasteiger partial charge >= 0.3 is 0 Å². The van der Waals surface area contributed by atoms with Gasteiger partial charge in [0.25, 0.3) is 10.0 Å². The molecule has 0 heterocycles. The van der Waals surface area contributed by atoms with Gasteiger partial charge in [0.2, 0.25) is 5.91 Å². The highest BCUT2D eigenvalue weighted by atomic mass is 32.2. The summed E-state index contributed by atoms with van der Waals surface area (Å²) in [5.41, 5.74) is 0. The van der Waals surface area contributed by atoms with Gasteiger partial charge in [0, 0.05) is 7.85 Å². The third kappa shape index (κ3) is 3.66. The van der Waals surface area contributed by atoms with Crippen molar-refractivity contribution < 1.29 is 14.6 Å². The Labute approximate surface area is 97.2 Å². The minimum atomic E-state index is -3.70. The quantitative estimate of drug-likeness (QED) is 0.876. The minimum absolute atomic E-state index is 0. The van der Waals surface area contributed by atoms with E-state index in [9.17, 15) is 13.2 Å². The van der Waals surface area contributed by atoms with Gasteiger partial charge in [0.1, 0.15) is 0 Å². The van der Waals surface area contributed by atoms with Crippen molar-refractivity contribution in [1.29, 1.82) is 0 Å². The molecular weight excluding hydrogens is 226 g/mol. The summed E-state index contributed by atoms with van der Waals surface area (Å²) in [6, 6.07) is 7.84. The largest absolute Gasteiger partial charge is 0.274 e. The molecule has 90 valence electrons. The zero-order valence-corrected chi connectivity index (χ0v) is 10.1. The molecule has 0 aliphatic heterocycles. The first-order valence-electron chi connectivity index (χ1n) is 5.02. The lowest BCUT2D eigenvalue weighted by Crippen LogP contribution is -2.31. The van der Waals surface area contributed by atoms with E-state index in [1.165, 1.54) is 12.1 Å². The highest BCUT2D eigenvalue weighted by molar-refractivity contribution is 7.90. The molecule has 0 fully saturated rings. The maximum atomic E-state index is 11.7. The van der Waals surface area contributed by atoms with Gasteiger partial charge in [0.05, 0.1) is 4.90 Å². The van der Waals surface area contributed by atoms with Crippen molar-refractivity contribution in [2.45, 2.75) is 25.2 Å². The number of benzene rings is 1. The fourth-order valence-corrected chi connectivity index (χ4v) is 2.24. The molecule has 0 aliphatic rings. The Balaban J connectivity index is 0.00000256. The van der Waals surface area contributed by atoms with E-state index in [-0.39, 0.29) is 18.7 Å². The van der Waals surface area contributed by atoms with Gasteiger partial charge in [0.15, 0.2) is 0 Å². The van der Waals surface area contributed by atoms with E-state index >= 15 is 0 Å². The Hall–Kier alpha value is -1.36. The van der Waals surface area contributed by atoms with E-state index in [1.807, 2.05) is 18.6 Å². The molecule has 0 saturated heterocycles. The van der Waals surface area contributed by atoms with E-state index in [4.69, 9.17) is 0 Å². The van der Waals surface area contributed by atoms with Crippen LogP contribution in [0.3, 0.4) is 0 Å². The standard InChI is InChI=1S/C11H15NO3S.H2/c1-9(2)8-11(13)12-16(14,15)10-6-4-3-5-7-10;/h3-7,9H,8H2,1-2H3,(H,12,13);1H. The number of hydrogen-bond acceptors (Lipinski definition) is 3. The Morgan fingerprint density at radius 3 is 2.38 bits per heavy atom. The van der Waals surface area contributed by atoms with Crippen LogP contribution in [0.4, 0.5) is 0 Å². The molecule has 0 aromatic heterocycles. The molecule has 0 saturated carbocycles. The second kappa shape index (κ2) is 5.12. The highest BCUT2D eigenvalue weighted by Gasteiger charge is 2.17. The highest BCUT2D eigenvalue weighted by Crippen LogP contribution is 2.08. The maximum Gasteiger partial charge on any atom is 0.264 e. The summed E-state index contributed by atoms with van der Waals surface area (Å²) >= 11 is 0. The fraction of sp³-hybridized carbons (Fsp3) is 0.364. The van der Waals surface area contributed by atoms with Crippen LogP contribution in [0.1, 0.15) is 21.7 Å². The second-order valence-corrected chi connectivity index (χ2v) is 5.62. The molecular formula is C11H17NO3S. The first-order chi connectivity index (χ1) is 7.42. The van der Waals surface area contributed by atoms with Crippen molar-refractivity contribution in [3.05, 3.63) is 30.3 Å². The summed E-state index contributed by atoms with van der Waals surface area (Å²) in [6.07, 6.45) is 0.200. The van der Waals surface area contributed by atoms with Gasteiger partial charge in [-0.15, -0.1) is 0 Å². The minimum Gasteiger partial charge on any atom is -0.274 e. The monoisotopic (exact) mass is 243 g/mol.